The molecule has 1 aromatic carbocycles. The minimum absolute atomic E-state index is 0.116. The topological polar surface area (TPSA) is 94.2 Å². The molecule has 6 heteroatoms. The molecule has 0 unspecified atom stereocenters. The Labute approximate surface area is 126 Å². The molecular formula is C16H15N3O3. The Morgan fingerprint density at radius 3 is 2.91 bits per heavy atom. The van der Waals surface area contributed by atoms with E-state index in [1.165, 1.54) is 0 Å². The number of aromatic nitrogens is 1. The first-order chi connectivity index (χ1) is 10.7. The van der Waals surface area contributed by atoms with Crippen molar-refractivity contribution in [2.45, 2.75) is 0 Å². The second-order valence-corrected chi connectivity index (χ2v) is 4.88. The smallest absolute Gasteiger partial charge is 0.256 e. The van der Waals surface area contributed by atoms with Gasteiger partial charge in [-0.25, -0.2) is 0 Å². The Balaban J connectivity index is 1.96. The van der Waals surface area contributed by atoms with Crippen LogP contribution in [0.15, 0.2) is 36.5 Å². The number of aliphatic hydroxyl groups excluding tert-OH is 1. The molecule has 3 rings (SSSR count). The normalized spacial score (nSPS) is 14.8. The minimum Gasteiger partial charge on any atom is -0.395 e. The van der Waals surface area contributed by atoms with Gasteiger partial charge in [0.1, 0.15) is 0 Å². The summed E-state index contributed by atoms with van der Waals surface area (Å²) in [6, 6.07) is 8.73. The SMILES string of the molecule is O=C1Nc2ccc(C(=O)NCCO)cc2/C1=C/c1ccc[nH]1. The molecule has 0 atom stereocenters. The molecule has 0 spiro atoms. The molecule has 1 aliphatic rings. The first-order valence-electron chi connectivity index (χ1n) is 6.89. The maximum Gasteiger partial charge on any atom is 0.256 e. The van der Waals surface area contributed by atoms with Crippen LogP contribution < -0.4 is 10.6 Å². The van der Waals surface area contributed by atoms with Crippen molar-refractivity contribution in [2.24, 2.45) is 0 Å². The van der Waals surface area contributed by atoms with Crippen LogP contribution >= 0.6 is 0 Å². The summed E-state index contributed by atoms with van der Waals surface area (Å²) in [5.41, 5.74) is 3.14. The van der Waals surface area contributed by atoms with E-state index in [0.29, 0.717) is 22.4 Å². The van der Waals surface area contributed by atoms with Gasteiger partial charge in [-0.3, -0.25) is 9.59 Å². The highest BCUT2D eigenvalue weighted by Crippen LogP contribution is 2.33. The van der Waals surface area contributed by atoms with Crippen LogP contribution in [0.1, 0.15) is 21.6 Å². The van der Waals surface area contributed by atoms with E-state index in [1.807, 2.05) is 12.1 Å². The first kappa shape index (κ1) is 14.1. The van der Waals surface area contributed by atoms with Gasteiger partial charge in [0.2, 0.25) is 0 Å². The highest BCUT2D eigenvalue weighted by atomic mass is 16.3. The lowest BCUT2D eigenvalue weighted by molar-refractivity contribution is -0.110. The van der Waals surface area contributed by atoms with Crippen molar-refractivity contribution < 1.29 is 14.7 Å². The third kappa shape index (κ3) is 2.64. The summed E-state index contributed by atoms with van der Waals surface area (Å²) in [7, 11) is 0. The third-order valence-electron chi connectivity index (χ3n) is 3.38. The largest absolute Gasteiger partial charge is 0.395 e. The zero-order valence-electron chi connectivity index (χ0n) is 11.7. The number of amides is 2. The van der Waals surface area contributed by atoms with Crippen molar-refractivity contribution in [3.63, 3.8) is 0 Å². The van der Waals surface area contributed by atoms with E-state index in [4.69, 9.17) is 5.11 Å². The number of aromatic amines is 1. The van der Waals surface area contributed by atoms with Gasteiger partial charge in [0.05, 0.1) is 12.2 Å². The maximum absolute atomic E-state index is 12.1. The monoisotopic (exact) mass is 297 g/mol. The number of hydrogen-bond donors (Lipinski definition) is 4. The van der Waals surface area contributed by atoms with Crippen molar-refractivity contribution in [1.82, 2.24) is 10.3 Å². The van der Waals surface area contributed by atoms with Gasteiger partial charge >= 0.3 is 0 Å². The summed E-state index contributed by atoms with van der Waals surface area (Å²) in [5.74, 6) is -0.479. The zero-order valence-corrected chi connectivity index (χ0v) is 11.7. The number of carbonyl (C=O) groups excluding carboxylic acids is 2. The van der Waals surface area contributed by atoms with Crippen molar-refractivity contribution in [3.8, 4) is 0 Å². The molecule has 0 aliphatic carbocycles. The predicted octanol–water partition coefficient (Wildman–Crippen LogP) is 1.23. The van der Waals surface area contributed by atoms with Crippen LogP contribution in [0, 0.1) is 0 Å². The van der Waals surface area contributed by atoms with Crippen LogP contribution in [-0.4, -0.2) is 35.1 Å². The van der Waals surface area contributed by atoms with Crippen molar-refractivity contribution in [1.29, 1.82) is 0 Å². The quantitative estimate of drug-likeness (QED) is 0.639. The molecule has 22 heavy (non-hydrogen) atoms. The van der Waals surface area contributed by atoms with E-state index in [-0.39, 0.29) is 25.0 Å². The molecule has 0 saturated carbocycles. The fourth-order valence-electron chi connectivity index (χ4n) is 2.33. The van der Waals surface area contributed by atoms with Crippen molar-refractivity contribution in [3.05, 3.63) is 53.3 Å². The molecule has 0 saturated heterocycles. The summed E-state index contributed by atoms with van der Waals surface area (Å²) >= 11 is 0. The molecule has 0 bridgehead atoms. The molecule has 0 radical (unpaired) electrons. The Hall–Kier alpha value is -2.86. The molecular weight excluding hydrogens is 282 g/mol. The number of fused-ring (bicyclic) bond motifs is 1. The molecule has 112 valence electrons. The Kier molecular flexibility index (Phi) is 3.76. The first-order valence-corrected chi connectivity index (χ1v) is 6.89. The fourth-order valence-corrected chi connectivity index (χ4v) is 2.33. The standard InChI is InChI=1S/C16H15N3O3/c20-7-6-18-15(21)10-3-4-14-12(8-10)13(16(22)19-14)9-11-2-1-5-17-11/h1-5,8-9,17,20H,6-7H2,(H,18,21)(H,19,22)/b13-9-. The molecule has 4 N–H and O–H groups in total. The number of benzene rings is 1. The Morgan fingerprint density at radius 2 is 2.18 bits per heavy atom. The van der Waals surface area contributed by atoms with Crippen LogP contribution in [-0.2, 0) is 4.79 Å². The van der Waals surface area contributed by atoms with Gasteiger partial charge in [-0.05, 0) is 36.4 Å². The Bertz CT molecular complexity index is 748. The number of rotatable bonds is 4. The van der Waals surface area contributed by atoms with Crippen LogP contribution in [0.4, 0.5) is 5.69 Å². The summed E-state index contributed by atoms with van der Waals surface area (Å²) in [6.45, 7) is 0.0764. The number of H-pyrrole nitrogens is 1. The van der Waals surface area contributed by atoms with Gasteiger partial charge in [0.25, 0.3) is 11.8 Å². The van der Waals surface area contributed by atoms with Crippen LogP contribution in [0.3, 0.4) is 0 Å². The van der Waals surface area contributed by atoms with Crippen molar-refractivity contribution >= 4 is 29.2 Å². The fraction of sp³-hybridized carbons (Fsp3) is 0.125. The lowest BCUT2D eigenvalue weighted by atomic mass is 10.0. The van der Waals surface area contributed by atoms with Crippen LogP contribution in [0.5, 0.6) is 0 Å². The van der Waals surface area contributed by atoms with E-state index in [0.717, 1.165) is 5.69 Å². The lowest BCUT2D eigenvalue weighted by Gasteiger charge is -2.05. The van der Waals surface area contributed by atoms with Gasteiger partial charge in [-0.2, -0.15) is 0 Å². The molecule has 2 aromatic rings. The second kappa shape index (κ2) is 5.87. The highest BCUT2D eigenvalue weighted by molar-refractivity contribution is 6.35. The van der Waals surface area contributed by atoms with Gasteiger partial charge < -0.3 is 20.7 Å². The number of anilines is 1. The number of aliphatic hydroxyl groups is 1. The number of nitrogens with one attached hydrogen (secondary N) is 3. The van der Waals surface area contributed by atoms with Gasteiger partial charge in [-0.15, -0.1) is 0 Å². The lowest BCUT2D eigenvalue weighted by Crippen LogP contribution is -2.26. The highest BCUT2D eigenvalue weighted by Gasteiger charge is 2.25. The molecule has 2 heterocycles. The van der Waals surface area contributed by atoms with E-state index in [2.05, 4.69) is 15.6 Å². The summed E-state index contributed by atoms with van der Waals surface area (Å²) in [4.78, 5) is 27.1. The molecule has 2 amide bonds. The van der Waals surface area contributed by atoms with E-state index >= 15 is 0 Å². The van der Waals surface area contributed by atoms with Crippen LogP contribution in [0.2, 0.25) is 0 Å². The molecule has 6 nitrogen and oxygen atoms in total. The molecule has 0 fully saturated rings. The van der Waals surface area contributed by atoms with E-state index < -0.39 is 0 Å². The summed E-state index contributed by atoms with van der Waals surface area (Å²) in [5, 5.41) is 14.1. The molecule has 1 aromatic heterocycles. The number of carbonyl (C=O) groups is 2. The summed E-state index contributed by atoms with van der Waals surface area (Å²) in [6.07, 6.45) is 3.52. The van der Waals surface area contributed by atoms with Gasteiger partial charge in [0.15, 0.2) is 0 Å². The maximum atomic E-state index is 12.1. The average molecular weight is 297 g/mol. The summed E-state index contributed by atoms with van der Waals surface area (Å²) < 4.78 is 0. The third-order valence-corrected chi connectivity index (χ3v) is 3.38. The van der Waals surface area contributed by atoms with Crippen molar-refractivity contribution in [2.75, 3.05) is 18.5 Å². The van der Waals surface area contributed by atoms with Crippen LogP contribution in [0.25, 0.3) is 11.6 Å². The van der Waals surface area contributed by atoms with Gasteiger partial charge in [-0.1, -0.05) is 0 Å². The molecule has 1 aliphatic heterocycles. The van der Waals surface area contributed by atoms with E-state index in [9.17, 15) is 9.59 Å². The second-order valence-electron chi connectivity index (χ2n) is 4.88. The average Bonchev–Trinajstić information content (AvgIpc) is 3.13. The predicted molar refractivity (Wildman–Crippen MR) is 83.2 cm³/mol. The Morgan fingerprint density at radius 1 is 1.32 bits per heavy atom. The van der Waals surface area contributed by atoms with Gasteiger partial charge in [0, 0.05) is 35.2 Å². The zero-order chi connectivity index (χ0) is 15.5. The minimum atomic E-state index is -0.282. The van der Waals surface area contributed by atoms with E-state index in [1.54, 1.807) is 30.5 Å². The number of hydrogen-bond acceptors (Lipinski definition) is 3.